The molecule has 0 aromatic carbocycles. The predicted molar refractivity (Wildman–Crippen MR) is 92.9 cm³/mol. The molecule has 134 valence electrons. The molecule has 0 spiro atoms. The fourth-order valence-corrected chi connectivity index (χ4v) is 3.29. The number of hydrogen-bond acceptors (Lipinski definition) is 3. The van der Waals surface area contributed by atoms with Crippen LogP contribution in [-0.2, 0) is 10.1 Å². The van der Waals surface area contributed by atoms with Gasteiger partial charge in [0.05, 0.1) is 36.3 Å². The molecule has 0 aromatic rings. The van der Waals surface area contributed by atoms with Crippen molar-refractivity contribution >= 4 is 10.1 Å². The van der Waals surface area contributed by atoms with Crippen molar-refractivity contribution in [3.63, 3.8) is 0 Å². The first kappa shape index (κ1) is 21.9. The minimum absolute atomic E-state index is 0.604. The van der Waals surface area contributed by atoms with Crippen molar-refractivity contribution in [3.05, 3.63) is 0 Å². The number of quaternary nitrogens is 1. The van der Waals surface area contributed by atoms with Crippen molar-refractivity contribution in [2.45, 2.75) is 78.1 Å². The first-order valence-corrected chi connectivity index (χ1v) is 10.9. The van der Waals surface area contributed by atoms with Crippen molar-refractivity contribution in [1.29, 1.82) is 0 Å². The zero-order valence-corrected chi connectivity index (χ0v) is 15.8. The van der Waals surface area contributed by atoms with Crippen molar-refractivity contribution in [2.24, 2.45) is 0 Å². The van der Waals surface area contributed by atoms with Crippen LogP contribution in [0.5, 0.6) is 0 Å². The normalized spacial score (nSPS) is 17.6. The summed E-state index contributed by atoms with van der Waals surface area (Å²) in [4.78, 5) is 0. The van der Waals surface area contributed by atoms with E-state index in [1.165, 1.54) is 94.9 Å². The first-order valence-electron chi connectivity index (χ1n) is 9.09. The van der Waals surface area contributed by atoms with E-state index in [1.807, 2.05) is 0 Å². The molecule has 0 aromatic heterocycles. The van der Waals surface area contributed by atoms with E-state index in [9.17, 15) is 0 Å². The fourth-order valence-electron chi connectivity index (χ4n) is 3.29. The van der Waals surface area contributed by atoms with E-state index in [0.29, 0.717) is 6.26 Å². The molecule has 0 bridgehead atoms. The number of unbranched alkanes of at least 4 members (excludes halogenated alkanes) is 5. The van der Waals surface area contributed by atoms with Crippen LogP contribution in [0, 0.1) is 0 Å². The molecule has 0 atom stereocenters. The highest BCUT2D eigenvalue weighted by atomic mass is 32.2. The van der Waals surface area contributed by atoms with Gasteiger partial charge in [0, 0.05) is 6.26 Å². The number of rotatable bonds is 9. The zero-order valence-electron chi connectivity index (χ0n) is 15.0. The van der Waals surface area contributed by atoms with Crippen molar-refractivity contribution in [3.8, 4) is 0 Å². The third-order valence-electron chi connectivity index (χ3n) is 4.49. The van der Waals surface area contributed by atoms with E-state index >= 15 is 0 Å². The molecule has 1 aliphatic heterocycles. The van der Waals surface area contributed by atoms with Crippen molar-refractivity contribution < 1.29 is 17.5 Å². The summed E-state index contributed by atoms with van der Waals surface area (Å²) in [6.45, 7) is 10.5. The summed E-state index contributed by atoms with van der Waals surface area (Å²) in [5.41, 5.74) is 0. The molecule has 5 heteroatoms. The number of piperidine rings is 1. The summed E-state index contributed by atoms with van der Waals surface area (Å²) < 4.78 is 28.7. The van der Waals surface area contributed by atoms with Gasteiger partial charge in [-0.2, -0.15) is 0 Å². The van der Waals surface area contributed by atoms with Crippen LogP contribution in [0.4, 0.5) is 0 Å². The maximum Gasteiger partial charge on any atom is 0.0916 e. The van der Waals surface area contributed by atoms with Crippen LogP contribution in [0.1, 0.15) is 78.1 Å². The molecule has 22 heavy (non-hydrogen) atoms. The third kappa shape index (κ3) is 13.5. The molecule has 1 fully saturated rings. The van der Waals surface area contributed by atoms with Gasteiger partial charge in [0.25, 0.3) is 0 Å². The highest BCUT2D eigenvalue weighted by Gasteiger charge is 2.28. The summed E-state index contributed by atoms with van der Waals surface area (Å²) in [6, 6.07) is 0. The van der Waals surface area contributed by atoms with Gasteiger partial charge in [0.1, 0.15) is 0 Å². The molecule has 0 aliphatic carbocycles. The average Bonchev–Trinajstić information content (AvgIpc) is 2.44. The van der Waals surface area contributed by atoms with E-state index in [4.69, 9.17) is 13.0 Å². The molecule has 1 heterocycles. The Hall–Kier alpha value is -0.130. The number of hydrogen-bond donors (Lipinski definition) is 0. The second kappa shape index (κ2) is 12.3. The lowest BCUT2D eigenvalue weighted by Crippen LogP contribution is -2.52. The van der Waals surface area contributed by atoms with Gasteiger partial charge in [-0.25, -0.2) is 8.42 Å². The SMILES string of the molecule is CCCCCCC[N+]1(CCCC)CCCCC1.CS(=O)(=O)[O-]. The van der Waals surface area contributed by atoms with Crippen LogP contribution in [0.2, 0.25) is 0 Å². The molecule has 1 rings (SSSR count). The van der Waals surface area contributed by atoms with E-state index in [-0.39, 0.29) is 0 Å². The molecule has 0 radical (unpaired) electrons. The lowest BCUT2D eigenvalue weighted by atomic mass is 10.0. The average molecular weight is 336 g/mol. The standard InChI is InChI=1S/C16H34N.CH4O3S/c1-3-5-7-8-10-14-17(13-6-4-2)15-11-9-12-16-17;1-5(2,3)4/h3-16H2,1-2H3;1H3,(H,2,3,4)/q+1;/p-1. The van der Waals surface area contributed by atoms with Gasteiger partial charge in [-0.1, -0.05) is 39.5 Å². The summed E-state index contributed by atoms with van der Waals surface area (Å²) in [7, 11) is -3.92. The lowest BCUT2D eigenvalue weighted by molar-refractivity contribution is -0.932. The first-order chi connectivity index (χ1) is 10.3. The fraction of sp³-hybridized carbons (Fsp3) is 1.00. The van der Waals surface area contributed by atoms with E-state index in [0.717, 1.165) is 0 Å². The smallest absolute Gasteiger partial charge is 0.0916 e. The number of nitrogens with zero attached hydrogens (tertiary/aromatic N) is 1. The van der Waals surface area contributed by atoms with Gasteiger partial charge in [-0.3, -0.25) is 0 Å². The summed E-state index contributed by atoms with van der Waals surface area (Å²) >= 11 is 0. The third-order valence-corrected chi connectivity index (χ3v) is 4.49. The zero-order chi connectivity index (χ0) is 16.9. The second-order valence-corrected chi connectivity index (χ2v) is 8.18. The lowest BCUT2D eigenvalue weighted by Gasteiger charge is -2.42. The Morgan fingerprint density at radius 3 is 1.77 bits per heavy atom. The molecule has 0 N–H and O–H groups in total. The maximum atomic E-state index is 9.08. The second-order valence-electron chi connectivity index (χ2n) is 6.77. The summed E-state index contributed by atoms with van der Waals surface area (Å²) in [6.07, 6.45) is 15.1. The van der Waals surface area contributed by atoms with Crippen LogP contribution < -0.4 is 0 Å². The molecule has 1 aliphatic rings. The Bertz CT molecular complexity index is 341. The quantitative estimate of drug-likeness (QED) is 0.364. The van der Waals surface area contributed by atoms with Crippen LogP contribution in [-0.4, -0.2) is 49.9 Å². The van der Waals surface area contributed by atoms with Gasteiger partial charge in [-0.15, -0.1) is 0 Å². The molecule has 4 nitrogen and oxygen atoms in total. The predicted octanol–water partition coefficient (Wildman–Crippen LogP) is 3.92. The Labute approximate surface area is 138 Å². The van der Waals surface area contributed by atoms with Crippen LogP contribution in [0.3, 0.4) is 0 Å². The van der Waals surface area contributed by atoms with Gasteiger partial charge in [-0.05, 0) is 38.5 Å². The Morgan fingerprint density at radius 1 is 0.818 bits per heavy atom. The molecule has 0 unspecified atom stereocenters. The maximum absolute atomic E-state index is 9.08. The van der Waals surface area contributed by atoms with Crippen LogP contribution in [0.25, 0.3) is 0 Å². The van der Waals surface area contributed by atoms with Crippen LogP contribution in [0.15, 0.2) is 0 Å². The topological polar surface area (TPSA) is 57.2 Å². The summed E-state index contributed by atoms with van der Waals surface area (Å²) in [5.74, 6) is 0. The van der Waals surface area contributed by atoms with Crippen LogP contribution >= 0.6 is 0 Å². The molecular weight excluding hydrogens is 298 g/mol. The Morgan fingerprint density at radius 2 is 1.27 bits per heavy atom. The van der Waals surface area contributed by atoms with Gasteiger partial charge >= 0.3 is 0 Å². The van der Waals surface area contributed by atoms with Crippen molar-refractivity contribution in [1.82, 2.24) is 0 Å². The monoisotopic (exact) mass is 335 g/mol. The van der Waals surface area contributed by atoms with Gasteiger partial charge in [0.2, 0.25) is 0 Å². The Balaban J connectivity index is 0.000000763. The van der Waals surface area contributed by atoms with Gasteiger partial charge in [0.15, 0.2) is 0 Å². The minimum Gasteiger partial charge on any atom is -0.748 e. The highest BCUT2D eigenvalue weighted by Crippen LogP contribution is 2.21. The minimum atomic E-state index is -3.92. The summed E-state index contributed by atoms with van der Waals surface area (Å²) in [5, 5.41) is 0. The van der Waals surface area contributed by atoms with E-state index < -0.39 is 10.1 Å². The highest BCUT2D eigenvalue weighted by molar-refractivity contribution is 7.84. The number of likely N-dealkylation sites (tertiary alicyclic amines) is 1. The van der Waals surface area contributed by atoms with Crippen molar-refractivity contribution in [2.75, 3.05) is 32.4 Å². The van der Waals surface area contributed by atoms with E-state index in [2.05, 4.69) is 13.8 Å². The molecule has 0 amide bonds. The van der Waals surface area contributed by atoms with Gasteiger partial charge < -0.3 is 9.04 Å². The molecule has 0 saturated carbocycles. The van der Waals surface area contributed by atoms with E-state index in [1.54, 1.807) is 0 Å². The largest absolute Gasteiger partial charge is 0.748 e. The molecule has 1 saturated heterocycles. The Kier molecular flexibility index (Phi) is 12.2. The molecular formula is C17H37NO3S.